The Bertz CT molecular complexity index is 856. The standard InChI is InChI=1S/C18H19FN4O3/c1-22(15-4-2-3-5-16(15)23(25)26)11-17(24)21-14-7-6-12-10-20-9-8-13(12)18(14)19/h2-7,20H,8-11H2,1H3,(H,21,24). The molecular weight excluding hydrogens is 339 g/mol. The summed E-state index contributed by atoms with van der Waals surface area (Å²) in [6, 6.07) is 9.51. The Hall–Kier alpha value is -3.00. The highest BCUT2D eigenvalue weighted by Gasteiger charge is 2.20. The number of nitro benzene ring substituents is 1. The lowest BCUT2D eigenvalue weighted by molar-refractivity contribution is -0.384. The maximum absolute atomic E-state index is 14.6. The molecule has 2 aromatic carbocycles. The Morgan fingerprint density at radius 3 is 2.88 bits per heavy atom. The van der Waals surface area contributed by atoms with Crippen molar-refractivity contribution in [2.75, 3.05) is 30.4 Å². The van der Waals surface area contributed by atoms with Crippen molar-refractivity contribution in [3.63, 3.8) is 0 Å². The third-order valence-corrected chi connectivity index (χ3v) is 4.35. The maximum Gasteiger partial charge on any atom is 0.292 e. The minimum Gasteiger partial charge on any atom is -0.360 e. The van der Waals surface area contributed by atoms with Crippen LogP contribution < -0.4 is 15.5 Å². The van der Waals surface area contributed by atoms with E-state index in [1.165, 1.54) is 11.0 Å². The molecule has 0 aromatic heterocycles. The fourth-order valence-corrected chi connectivity index (χ4v) is 3.06. The normalized spacial score (nSPS) is 13.0. The van der Waals surface area contributed by atoms with E-state index in [2.05, 4.69) is 10.6 Å². The van der Waals surface area contributed by atoms with Crippen molar-refractivity contribution in [3.8, 4) is 0 Å². The van der Waals surface area contributed by atoms with Crippen LogP contribution >= 0.6 is 0 Å². The van der Waals surface area contributed by atoms with Crippen molar-refractivity contribution < 1.29 is 14.1 Å². The van der Waals surface area contributed by atoms with Gasteiger partial charge < -0.3 is 15.5 Å². The Balaban J connectivity index is 1.73. The van der Waals surface area contributed by atoms with Crippen LogP contribution in [0.25, 0.3) is 0 Å². The quantitative estimate of drug-likeness (QED) is 0.633. The summed E-state index contributed by atoms with van der Waals surface area (Å²) in [5.74, 6) is -0.857. The zero-order chi connectivity index (χ0) is 18.7. The molecule has 0 saturated heterocycles. The van der Waals surface area contributed by atoms with Crippen LogP contribution in [0, 0.1) is 15.9 Å². The second kappa shape index (κ2) is 7.49. The number of carbonyl (C=O) groups is 1. The molecule has 3 rings (SSSR count). The van der Waals surface area contributed by atoms with Gasteiger partial charge in [-0.3, -0.25) is 14.9 Å². The van der Waals surface area contributed by atoms with E-state index < -0.39 is 16.6 Å². The second-order valence-electron chi connectivity index (χ2n) is 6.14. The number of nitro groups is 1. The van der Waals surface area contributed by atoms with E-state index >= 15 is 0 Å². The third-order valence-electron chi connectivity index (χ3n) is 4.35. The molecule has 0 atom stereocenters. The first kappa shape index (κ1) is 17.8. The van der Waals surface area contributed by atoms with E-state index in [9.17, 15) is 19.3 Å². The highest BCUT2D eigenvalue weighted by atomic mass is 19.1. The molecule has 2 N–H and O–H groups in total. The third kappa shape index (κ3) is 3.65. The molecule has 0 spiro atoms. The van der Waals surface area contributed by atoms with E-state index in [0.717, 1.165) is 5.56 Å². The van der Waals surface area contributed by atoms with Crippen molar-refractivity contribution in [3.05, 3.63) is 63.5 Å². The van der Waals surface area contributed by atoms with E-state index in [4.69, 9.17) is 0 Å². The average Bonchev–Trinajstić information content (AvgIpc) is 2.64. The molecule has 2 aromatic rings. The van der Waals surface area contributed by atoms with Crippen molar-refractivity contribution in [2.24, 2.45) is 0 Å². The van der Waals surface area contributed by atoms with Crippen LogP contribution in [0.5, 0.6) is 0 Å². The number of hydrogen-bond donors (Lipinski definition) is 2. The number of likely N-dealkylation sites (N-methyl/N-ethyl adjacent to an activating group) is 1. The summed E-state index contributed by atoms with van der Waals surface area (Å²) < 4.78 is 14.6. The Morgan fingerprint density at radius 2 is 2.12 bits per heavy atom. The van der Waals surface area contributed by atoms with Gasteiger partial charge in [-0.15, -0.1) is 0 Å². The number of hydrogen-bond acceptors (Lipinski definition) is 5. The van der Waals surface area contributed by atoms with Gasteiger partial charge in [-0.2, -0.15) is 0 Å². The molecule has 1 aliphatic heterocycles. The largest absolute Gasteiger partial charge is 0.360 e. The van der Waals surface area contributed by atoms with Crippen molar-refractivity contribution >= 4 is 23.0 Å². The van der Waals surface area contributed by atoms with Crippen molar-refractivity contribution in [2.45, 2.75) is 13.0 Å². The average molecular weight is 358 g/mol. The van der Waals surface area contributed by atoms with Gasteiger partial charge >= 0.3 is 0 Å². The Morgan fingerprint density at radius 1 is 1.35 bits per heavy atom. The van der Waals surface area contributed by atoms with Crippen LogP contribution in [0.15, 0.2) is 36.4 Å². The number of carbonyl (C=O) groups excluding carboxylic acids is 1. The lowest BCUT2D eigenvalue weighted by Gasteiger charge is -2.21. The molecule has 0 aliphatic carbocycles. The maximum atomic E-state index is 14.6. The predicted octanol–water partition coefficient (Wildman–Crippen LogP) is 2.45. The van der Waals surface area contributed by atoms with Crippen LogP contribution in [-0.4, -0.2) is 31.0 Å². The summed E-state index contributed by atoms with van der Waals surface area (Å²) in [6.07, 6.45) is 0.570. The van der Waals surface area contributed by atoms with Gasteiger partial charge in [-0.1, -0.05) is 18.2 Å². The molecule has 26 heavy (non-hydrogen) atoms. The van der Waals surface area contributed by atoms with Gasteiger partial charge in [0.15, 0.2) is 0 Å². The fourth-order valence-electron chi connectivity index (χ4n) is 3.06. The summed E-state index contributed by atoms with van der Waals surface area (Å²) >= 11 is 0. The SMILES string of the molecule is CN(CC(=O)Nc1ccc2c(c1F)CCNC2)c1ccccc1[N+](=O)[O-]. The topological polar surface area (TPSA) is 87.5 Å². The van der Waals surface area contributed by atoms with Crippen LogP contribution in [0.4, 0.5) is 21.5 Å². The number of amides is 1. The van der Waals surface area contributed by atoms with Crippen LogP contribution in [0.2, 0.25) is 0 Å². The number of nitrogens with zero attached hydrogens (tertiary/aromatic N) is 2. The number of para-hydroxylation sites is 2. The van der Waals surface area contributed by atoms with E-state index in [0.29, 0.717) is 30.8 Å². The van der Waals surface area contributed by atoms with E-state index in [-0.39, 0.29) is 17.9 Å². The molecular formula is C18H19FN4O3. The van der Waals surface area contributed by atoms with Crippen molar-refractivity contribution in [1.29, 1.82) is 0 Å². The lowest BCUT2D eigenvalue weighted by Crippen LogP contribution is -2.31. The molecule has 0 radical (unpaired) electrons. The minimum atomic E-state index is -0.499. The zero-order valence-corrected chi connectivity index (χ0v) is 14.3. The highest BCUT2D eigenvalue weighted by molar-refractivity contribution is 5.94. The molecule has 0 bridgehead atoms. The van der Waals surface area contributed by atoms with E-state index in [1.54, 1.807) is 37.4 Å². The van der Waals surface area contributed by atoms with E-state index in [1.807, 2.05) is 0 Å². The molecule has 8 heteroatoms. The van der Waals surface area contributed by atoms with Crippen LogP contribution in [0.1, 0.15) is 11.1 Å². The lowest BCUT2D eigenvalue weighted by atomic mass is 9.99. The van der Waals surface area contributed by atoms with Crippen LogP contribution in [-0.2, 0) is 17.8 Å². The molecule has 0 unspecified atom stereocenters. The van der Waals surface area contributed by atoms with Gasteiger partial charge in [0, 0.05) is 19.7 Å². The van der Waals surface area contributed by atoms with Gasteiger partial charge in [-0.05, 0) is 36.2 Å². The van der Waals surface area contributed by atoms with Gasteiger partial charge in [-0.25, -0.2) is 4.39 Å². The molecule has 7 nitrogen and oxygen atoms in total. The molecule has 1 heterocycles. The number of benzene rings is 2. The number of nitrogens with one attached hydrogen (secondary N) is 2. The summed E-state index contributed by atoms with van der Waals surface area (Å²) in [5.41, 5.74) is 1.88. The highest BCUT2D eigenvalue weighted by Crippen LogP contribution is 2.27. The zero-order valence-electron chi connectivity index (χ0n) is 14.3. The molecule has 0 saturated carbocycles. The fraction of sp³-hybridized carbons (Fsp3) is 0.278. The molecule has 1 aliphatic rings. The summed E-state index contributed by atoms with van der Waals surface area (Å²) in [7, 11) is 1.58. The first-order valence-electron chi connectivity index (χ1n) is 8.22. The first-order chi connectivity index (χ1) is 12.5. The monoisotopic (exact) mass is 358 g/mol. The van der Waals surface area contributed by atoms with Crippen LogP contribution in [0.3, 0.4) is 0 Å². The summed E-state index contributed by atoms with van der Waals surface area (Å²) in [5, 5.41) is 16.8. The minimum absolute atomic E-state index is 0.0877. The van der Waals surface area contributed by atoms with Gasteiger partial charge in [0.05, 0.1) is 17.2 Å². The van der Waals surface area contributed by atoms with Gasteiger partial charge in [0.25, 0.3) is 5.69 Å². The smallest absolute Gasteiger partial charge is 0.292 e. The summed E-state index contributed by atoms with van der Waals surface area (Å²) in [4.78, 5) is 24.4. The second-order valence-corrected chi connectivity index (χ2v) is 6.14. The van der Waals surface area contributed by atoms with Gasteiger partial charge in [0.1, 0.15) is 11.5 Å². The van der Waals surface area contributed by atoms with Crippen molar-refractivity contribution in [1.82, 2.24) is 5.32 Å². The predicted molar refractivity (Wildman–Crippen MR) is 96.8 cm³/mol. The van der Waals surface area contributed by atoms with Gasteiger partial charge in [0.2, 0.25) is 5.91 Å². The molecule has 0 fully saturated rings. The molecule has 1 amide bonds. The number of fused-ring (bicyclic) bond motifs is 1. The summed E-state index contributed by atoms with van der Waals surface area (Å²) in [6.45, 7) is 1.17. The Kier molecular flexibility index (Phi) is 5.13. The molecule has 136 valence electrons. The number of rotatable bonds is 5. The Labute approximate surface area is 150 Å². The number of anilines is 2. The number of halogens is 1. The first-order valence-corrected chi connectivity index (χ1v) is 8.22.